The standard InChI is InChI=1S/C29H36N2O7S/c1-5-37-24-15-13-23(14-16-24)31(39(33,34)25-17-18-27(35-3)28(20-25)36-4)21-29(32)30-19-9-11-22-10-7-8-12-26(22)38-6-2/h7-8,10,12-18,20H,5-6,9,11,19,21H2,1-4H3,(H,30,32). The average molecular weight is 557 g/mol. The van der Waals surface area contributed by atoms with Crippen LogP contribution in [0.25, 0.3) is 0 Å². The van der Waals surface area contributed by atoms with Crippen LogP contribution in [0, 0.1) is 0 Å². The van der Waals surface area contributed by atoms with Gasteiger partial charge in [0.1, 0.15) is 18.0 Å². The van der Waals surface area contributed by atoms with Crippen LogP contribution >= 0.6 is 0 Å². The lowest BCUT2D eigenvalue weighted by Crippen LogP contribution is -2.41. The second-order valence-electron chi connectivity index (χ2n) is 8.45. The third-order valence-electron chi connectivity index (χ3n) is 5.88. The number of amides is 1. The van der Waals surface area contributed by atoms with Gasteiger partial charge in [-0.05, 0) is 74.7 Å². The first-order chi connectivity index (χ1) is 18.8. The van der Waals surface area contributed by atoms with Gasteiger partial charge in [-0.1, -0.05) is 18.2 Å². The molecule has 1 amide bonds. The van der Waals surface area contributed by atoms with Gasteiger partial charge in [0.05, 0.1) is 38.0 Å². The van der Waals surface area contributed by atoms with Gasteiger partial charge in [0.15, 0.2) is 11.5 Å². The number of sulfonamides is 1. The average Bonchev–Trinajstić information content (AvgIpc) is 2.95. The van der Waals surface area contributed by atoms with Crippen molar-refractivity contribution in [3.63, 3.8) is 0 Å². The molecule has 0 fully saturated rings. The van der Waals surface area contributed by atoms with Crippen molar-refractivity contribution in [2.24, 2.45) is 0 Å². The molecule has 0 aliphatic rings. The number of rotatable bonds is 15. The normalized spacial score (nSPS) is 11.0. The Morgan fingerprint density at radius 1 is 0.846 bits per heavy atom. The van der Waals surface area contributed by atoms with Gasteiger partial charge >= 0.3 is 0 Å². The molecule has 0 aliphatic heterocycles. The number of para-hydroxylation sites is 1. The first kappa shape index (κ1) is 29.6. The summed E-state index contributed by atoms with van der Waals surface area (Å²) in [6.07, 6.45) is 1.38. The smallest absolute Gasteiger partial charge is 0.264 e. The molecule has 0 saturated heterocycles. The Morgan fingerprint density at radius 3 is 2.21 bits per heavy atom. The topological polar surface area (TPSA) is 103 Å². The van der Waals surface area contributed by atoms with Crippen molar-refractivity contribution in [3.8, 4) is 23.0 Å². The highest BCUT2D eigenvalue weighted by molar-refractivity contribution is 7.92. The maximum atomic E-state index is 13.8. The number of ether oxygens (including phenoxy) is 4. The second-order valence-corrected chi connectivity index (χ2v) is 10.3. The molecule has 1 N–H and O–H groups in total. The summed E-state index contributed by atoms with van der Waals surface area (Å²) in [5.41, 5.74) is 1.38. The third-order valence-corrected chi connectivity index (χ3v) is 7.65. The molecule has 0 spiro atoms. The molecule has 39 heavy (non-hydrogen) atoms. The molecule has 10 heteroatoms. The van der Waals surface area contributed by atoms with Crippen LogP contribution in [0.3, 0.4) is 0 Å². The molecule has 0 saturated carbocycles. The summed E-state index contributed by atoms with van der Waals surface area (Å²) in [7, 11) is -1.24. The molecule has 3 aromatic rings. The fraction of sp³-hybridized carbons (Fsp3) is 0.345. The Labute approximate surface area is 230 Å². The summed E-state index contributed by atoms with van der Waals surface area (Å²) in [4.78, 5) is 12.9. The van der Waals surface area contributed by atoms with E-state index in [2.05, 4.69) is 5.32 Å². The van der Waals surface area contributed by atoms with E-state index < -0.39 is 22.5 Å². The van der Waals surface area contributed by atoms with Crippen molar-refractivity contribution < 1.29 is 32.2 Å². The predicted octanol–water partition coefficient (Wildman–Crippen LogP) is 4.45. The summed E-state index contributed by atoms with van der Waals surface area (Å²) < 4.78 is 50.3. The quantitative estimate of drug-likeness (QED) is 0.276. The van der Waals surface area contributed by atoms with Gasteiger partial charge in [-0.3, -0.25) is 9.10 Å². The molecule has 0 aliphatic carbocycles. The Bertz CT molecular complexity index is 1330. The van der Waals surface area contributed by atoms with Crippen molar-refractivity contribution in [3.05, 3.63) is 72.3 Å². The van der Waals surface area contributed by atoms with Gasteiger partial charge < -0.3 is 24.3 Å². The number of carbonyl (C=O) groups excluding carboxylic acids is 1. The first-order valence-corrected chi connectivity index (χ1v) is 14.2. The number of benzene rings is 3. The minimum absolute atomic E-state index is 0.0330. The summed E-state index contributed by atoms with van der Waals surface area (Å²) >= 11 is 0. The Morgan fingerprint density at radius 2 is 1.54 bits per heavy atom. The van der Waals surface area contributed by atoms with Crippen LogP contribution in [0.1, 0.15) is 25.8 Å². The van der Waals surface area contributed by atoms with Gasteiger partial charge in [-0.15, -0.1) is 0 Å². The van der Waals surface area contributed by atoms with E-state index in [1.165, 1.54) is 32.4 Å². The minimum Gasteiger partial charge on any atom is -0.494 e. The van der Waals surface area contributed by atoms with Crippen molar-refractivity contribution in [1.82, 2.24) is 5.32 Å². The zero-order chi connectivity index (χ0) is 28.3. The first-order valence-electron chi connectivity index (χ1n) is 12.8. The van der Waals surface area contributed by atoms with Crippen LogP contribution in [0.15, 0.2) is 71.6 Å². The number of carbonyl (C=O) groups is 1. The summed E-state index contributed by atoms with van der Waals surface area (Å²) in [6, 6.07) is 18.7. The summed E-state index contributed by atoms with van der Waals surface area (Å²) in [5, 5.41) is 2.85. The number of anilines is 1. The van der Waals surface area contributed by atoms with E-state index in [1.54, 1.807) is 24.3 Å². The number of nitrogens with zero attached hydrogens (tertiary/aromatic N) is 1. The van der Waals surface area contributed by atoms with Crippen LogP contribution in [-0.4, -0.2) is 54.8 Å². The maximum absolute atomic E-state index is 13.8. The largest absolute Gasteiger partial charge is 0.494 e. The predicted molar refractivity (Wildman–Crippen MR) is 151 cm³/mol. The fourth-order valence-electron chi connectivity index (χ4n) is 3.99. The molecule has 0 radical (unpaired) electrons. The number of nitrogens with one attached hydrogen (secondary N) is 1. The van der Waals surface area contributed by atoms with Crippen LogP contribution in [0.5, 0.6) is 23.0 Å². The van der Waals surface area contributed by atoms with Crippen LogP contribution < -0.4 is 28.6 Å². The van der Waals surface area contributed by atoms with Gasteiger partial charge in [-0.2, -0.15) is 0 Å². The van der Waals surface area contributed by atoms with Crippen molar-refractivity contribution in [2.45, 2.75) is 31.6 Å². The SMILES string of the molecule is CCOc1ccc(N(CC(=O)NCCCc2ccccc2OCC)S(=O)(=O)c2ccc(OC)c(OC)c2)cc1. The van der Waals surface area contributed by atoms with E-state index in [4.69, 9.17) is 18.9 Å². The van der Waals surface area contributed by atoms with Gasteiger partial charge in [0.25, 0.3) is 10.0 Å². The molecule has 0 heterocycles. The summed E-state index contributed by atoms with van der Waals surface area (Å²) in [5.74, 6) is 1.66. The molecule has 3 rings (SSSR count). The fourth-order valence-corrected chi connectivity index (χ4v) is 5.43. The van der Waals surface area contributed by atoms with E-state index in [9.17, 15) is 13.2 Å². The van der Waals surface area contributed by atoms with E-state index in [-0.39, 0.29) is 10.6 Å². The molecule has 0 atom stereocenters. The van der Waals surface area contributed by atoms with E-state index >= 15 is 0 Å². The number of aryl methyl sites for hydroxylation is 1. The highest BCUT2D eigenvalue weighted by Crippen LogP contribution is 2.32. The van der Waals surface area contributed by atoms with E-state index in [0.717, 1.165) is 15.6 Å². The molecule has 210 valence electrons. The Kier molecular flexibility index (Phi) is 10.9. The van der Waals surface area contributed by atoms with Crippen LogP contribution in [0.2, 0.25) is 0 Å². The molecule has 3 aromatic carbocycles. The summed E-state index contributed by atoms with van der Waals surface area (Å²) in [6.45, 7) is 4.83. The minimum atomic E-state index is -4.14. The van der Waals surface area contributed by atoms with E-state index in [1.807, 2.05) is 38.1 Å². The van der Waals surface area contributed by atoms with Crippen molar-refractivity contribution in [1.29, 1.82) is 0 Å². The lowest BCUT2D eigenvalue weighted by atomic mass is 10.1. The van der Waals surface area contributed by atoms with Gasteiger partial charge in [0, 0.05) is 12.6 Å². The molecule has 0 unspecified atom stereocenters. The number of hydrogen-bond acceptors (Lipinski definition) is 7. The van der Waals surface area contributed by atoms with Crippen LogP contribution in [-0.2, 0) is 21.2 Å². The number of methoxy groups -OCH3 is 2. The van der Waals surface area contributed by atoms with Crippen LogP contribution in [0.4, 0.5) is 5.69 Å². The van der Waals surface area contributed by atoms with E-state index in [0.29, 0.717) is 49.8 Å². The molecule has 0 aromatic heterocycles. The highest BCUT2D eigenvalue weighted by atomic mass is 32.2. The van der Waals surface area contributed by atoms with Gasteiger partial charge in [0.2, 0.25) is 5.91 Å². The molecular formula is C29H36N2O7S. The monoisotopic (exact) mass is 556 g/mol. The van der Waals surface area contributed by atoms with Crippen molar-refractivity contribution >= 4 is 21.6 Å². The Hall–Kier alpha value is -3.92. The zero-order valence-electron chi connectivity index (χ0n) is 22.8. The highest BCUT2D eigenvalue weighted by Gasteiger charge is 2.28. The Balaban J connectivity index is 1.78. The lowest BCUT2D eigenvalue weighted by Gasteiger charge is -2.25. The van der Waals surface area contributed by atoms with Gasteiger partial charge in [-0.25, -0.2) is 8.42 Å². The zero-order valence-corrected chi connectivity index (χ0v) is 23.6. The maximum Gasteiger partial charge on any atom is 0.264 e. The lowest BCUT2D eigenvalue weighted by molar-refractivity contribution is -0.119. The second kappa shape index (κ2) is 14.3. The molecule has 0 bridgehead atoms. The molecular weight excluding hydrogens is 520 g/mol. The number of hydrogen-bond donors (Lipinski definition) is 1. The third kappa shape index (κ3) is 7.79. The van der Waals surface area contributed by atoms with Crippen molar-refractivity contribution in [2.75, 3.05) is 44.8 Å². The molecule has 9 nitrogen and oxygen atoms in total.